The molecule has 2 aromatic carbocycles. The Hall–Kier alpha value is -3.81. The minimum atomic E-state index is -0.845. The first-order valence-electron chi connectivity index (χ1n) is 10.6. The topological polar surface area (TPSA) is 94.5 Å². The van der Waals surface area contributed by atoms with Crippen LogP contribution in [0.1, 0.15) is 34.6 Å². The predicted octanol–water partition coefficient (Wildman–Crippen LogP) is 5.17. The standard InChI is InChI=1S/C25H30N4O4/c1-24(2,3)33-23(31)29-16-17(15-26-29)20-13-12-19(14-21(20)32-6)27-22(30)25(4,5)28-18-10-8-7-9-11-18/h7-16,28H,1-6H3,(H,27,30). The summed E-state index contributed by atoms with van der Waals surface area (Å²) in [5.41, 5.74) is 1.38. The fourth-order valence-electron chi connectivity index (χ4n) is 3.10. The Morgan fingerprint density at radius 2 is 1.67 bits per heavy atom. The molecule has 8 nitrogen and oxygen atoms in total. The number of anilines is 2. The van der Waals surface area contributed by atoms with Crippen LogP contribution in [0.4, 0.5) is 16.2 Å². The van der Waals surface area contributed by atoms with Crippen LogP contribution in [0.2, 0.25) is 0 Å². The minimum Gasteiger partial charge on any atom is -0.496 e. The summed E-state index contributed by atoms with van der Waals surface area (Å²) in [6.07, 6.45) is 2.58. The quantitative estimate of drug-likeness (QED) is 0.538. The maximum Gasteiger partial charge on any atom is 0.435 e. The average Bonchev–Trinajstić information content (AvgIpc) is 3.23. The number of carbonyl (C=O) groups excluding carboxylic acids is 2. The second-order valence-corrected chi connectivity index (χ2v) is 9.14. The Morgan fingerprint density at radius 1 is 0.970 bits per heavy atom. The van der Waals surface area contributed by atoms with Crippen LogP contribution in [0.25, 0.3) is 11.1 Å². The molecule has 0 aliphatic rings. The highest BCUT2D eigenvalue weighted by molar-refractivity contribution is 5.99. The number of nitrogens with one attached hydrogen (secondary N) is 2. The molecule has 1 heterocycles. The van der Waals surface area contributed by atoms with Crippen molar-refractivity contribution in [2.45, 2.75) is 45.8 Å². The minimum absolute atomic E-state index is 0.195. The molecule has 1 aromatic heterocycles. The van der Waals surface area contributed by atoms with Gasteiger partial charge in [-0.05, 0) is 58.9 Å². The monoisotopic (exact) mass is 450 g/mol. The van der Waals surface area contributed by atoms with Gasteiger partial charge >= 0.3 is 6.09 Å². The largest absolute Gasteiger partial charge is 0.496 e. The Bertz CT molecular complexity index is 1130. The number of aromatic nitrogens is 2. The van der Waals surface area contributed by atoms with Crippen molar-refractivity contribution in [3.63, 3.8) is 0 Å². The van der Waals surface area contributed by atoms with Gasteiger partial charge in [0, 0.05) is 34.8 Å². The highest BCUT2D eigenvalue weighted by Crippen LogP contribution is 2.32. The molecule has 3 rings (SSSR count). The highest BCUT2D eigenvalue weighted by Gasteiger charge is 2.28. The van der Waals surface area contributed by atoms with Crippen LogP contribution in [0.15, 0.2) is 60.9 Å². The van der Waals surface area contributed by atoms with Gasteiger partial charge in [0.2, 0.25) is 5.91 Å². The molecule has 0 radical (unpaired) electrons. The second-order valence-electron chi connectivity index (χ2n) is 9.14. The van der Waals surface area contributed by atoms with Crippen molar-refractivity contribution in [1.82, 2.24) is 9.78 Å². The Morgan fingerprint density at radius 3 is 2.30 bits per heavy atom. The lowest BCUT2D eigenvalue weighted by atomic mass is 10.0. The molecule has 33 heavy (non-hydrogen) atoms. The van der Waals surface area contributed by atoms with Crippen LogP contribution in [0.3, 0.4) is 0 Å². The molecule has 0 aliphatic carbocycles. The van der Waals surface area contributed by atoms with Crippen molar-refractivity contribution in [2.75, 3.05) is 17.7 Å². The van der Waals surface area contributed by atoms with E-state index in [0.717, 1.165) is 15.9 Å². The molecule has 0 unspecified atom stereocenters. The molecule has 0 saturated heterocycles. The predicted molar refractivity (Wildman–Crippen MR) is 129 cm³/mol. The number of hydrogen-bond acceptors (Lipinski definition) is 6. The first-order chi connectivity index (χ1) is 15.5. The number of ether oxygens (including phenoxy) is 2. The molecular weight excluding hydrogens is 420 g/mol. The van der Waals surface area contributed by atoms with Gasteiger partial charge in [-0.2, -0.15) is 9.78 Å². The van der Waals surface area contributed by atoms with Crippen LogP contribution in [-0.4, -0.2) is 40.0 Å². The van der Waals surface area contributed by atoms with E-state index >= 15 is 0 Å². The molecule has 0 aliphatic heterocycles. The zero-order valence-electron chi connectivity index (χ0n) is 19.8. The normalized spacial score (nSPS) is 11.6. The molecule has 0 bridgehead atoms. The van der Waals surface area contributed by atoms with Crippen LogP contribution in [0.5, 0.6) is 5.75 Å². The summed E-state index contributed by atoms with van der Waals surface area (Å²) in [5.74, 6) is 0.337. The molecule has 1 amide bonds. The van der Waals surface area contributed by atoms with Gasteiger partial charge in [0.15, 0.2) is 0 Å². The summed E-state index contributed by atoms with van der Waals surface area (Å²) in [5, 5.41) is 10.3. The van der Waals surface area contributed by atoms with Crippen LogP contribution in [0, 0.1) is 0 Å². The van der Waals surface area contributed by atoms with E-state index < -0.39 is 17.2 Å². The van der Waals surface area contributed by atoms with Crippen molar-refractivity contribution in [2.24, 2.45) is 0 Å². The number of methoxy groups -OCH3 is 1. The lowest BCUT2D eigenvalue weighted by molar-refractivity contribution is -0.119. The lowest BCUT2D eigenvalue weighted by Gasteiger charge is -2.26. The van der Waals surface area contributed by atoms with Crippen molar-refractivity contribution in [3.8, 4) is 16.9 Å². The van der Waals surface area contributed by atoms with Crippen molar-refractivity contribution >= 4 is 23.4 Å². The lowest BCUT2D eigenvalue weighted by Crippen LogP contribution is -2.44. The van der Waals surface area contributed by atoms with Crippen LogP contribution < -0.4 is 15.4 Å². The van der Waals surface area contributed by atoms with Gasteiger partial charge in [0.25, 0.3) is 0 Å². The molecule has 0 fully saturated rings. The van der Waals surface area contributed by atoms with Gasteiger partial charge < -0.3 is 20.1 Å². The third-order valence-electron chi connectivity index (χ3n) is 4.73. The SMILES string of the molecule is COc1cc(NC(=O)C(C)(C)Nc2ccccc2)ccc1-c1cnn(C(=O)OC(C)(C)C)c1. The number of amides is 1. The fraction of sp³-hybridized carbons (Fsp3) is 0.320. The zero-order chi connectivity index (χ0) is 24.2. The van der Waals surface area contributed by atoms with Crippen molar-refractivity contribution < 1.29 is 19.1 Å². The Balaban J connectivity index is 1.76. The molecular formula is C25H30N4O4. The highest BCUT2D eigenvalue weighted by atomic mass is 16.6. The number of para-hydroxylation sites is 1. The average molecular weight is 451 g/mol. The first kappa shape index (κ1) is 23.8. The third-order valence-corrected chi connectivity index (χ3v) is 4.73. The summed E-state index contributed by atoms with van der Waals surface area (Å²) >= 11 is 0. The maximum absolute atomic E-state index is 12.9. The zero-order valence-corrected chi connectivity index (χ0v) is 19.8. The Kier molecular flexibility index (Phi) is 6.76. The molecule has 0 saturated carbocycles. The summed E-state index contributed by atoms with van der Waals surface area (Å²) in [4.78, 5) is 25.2. The van der Waals surface area contributed by atoms with Gasteiger partial charge in [-0.3, -0.25) is 4.79 Å². The van der Waals surface area contributed by atoms with Crippen LogP contribution in [-0.2, 0) is 9.53 Å². The van der Waals surface area contributed by atoms with E-state index in [9.17, 15) is 9.59 Å². The van der Waals surface area contributed by atoms with E-state index in [2.05, 4.69) is 15.7 Å². The number of hydrogen-bond donors (Lipinski definition) is 2. The van der Waals surface area contributed by atoms with E-state index in [1.54, 1.807) is 52.4 Å². The van der Waals surface area contributed by atoms with Gasteiger partial charge in [-0.25, -0.2) is 4.79 Å². The van der Waals surface area contributed by atoms with Crippen molar-refractivity contribution in [1.29, 1.82) is 0 Å². The third kappa shape index (κ3) is 6.12. The summed E-state index contributed by atoms with van der Waals surface area (Å²) < 4.78 is 12.0. The molecule has 0 spiro atoms. The molecule has 0 atom stereocenters. The first-order valence-corrected chi connectivity index (χ1v) is 10.6. The van der Waals surface area contributed by atoms with E-state index in [1.807, 2.05) is 50.2 Å². The molecule has 2 N–H and O–H groups in total. The molecule has 3 aromatic rings. The fourth-order valence-corrected chi connectivity index (χ4v) is 3.10. The van der Waals surface area contributed by atoms with E-state index in [-0.39, 0.29) is 5.91 Å². The van der Waals surface area contributed by atoms with Crippen molar-refractivity contribution in [3.05, 3.63) is 60.9 Å². The van der Waals surface area contributed by atoms with Gasteiger partial charge in [0.05, 0.1) is 13.3 Å². The van der Waals surface area contributed by atoms with E-state index in [4.69, 9.17) is 9.47 Å². The second kappa shape index (κ2) is 9.36. The Labute approximate surface area is 193 Å². The number of benzene rings is 2. The summed E-state index contributed by atoms with van der Waals surface area (Å²) in [6.45, 7) is 9.00. The number of carbonyl (C=O) groups is 2. The van der Waals surface area contributed by atoms with Gasteiger partial charge in [-0.1, -0.05) is 18.2 Å². The molecule has 8 heteroatoms. The molecule has 174 valence electrons. The van der Waals surface area contributed by atoms with E-state index in [0.29, 0.717) is 17.0 Å². The van der Waals surface area contributed by atoms with Gasteiger partial charge in [0.1, 0.15) is 16.9 Å². The summed E-state index contributed by atoms with van der Waals surface area (Å²) in [7, 11) is 1.55. The van der Waals surface area contributed by atoms with E-state index in [1.165, 1.54) is 0 Å². The summed E-state index contributed by atoms with van der Waals surface area (Å²) in [6, 6.07) is 14.9. The van der Waals surface area contributed by atoms with Crippen LogP contribution >= 0.6 is 0 Å². The number of nitrogens with zero attached hydrogens (tertiary/aromatic N) is 2. The maximum atomic E-state index is 12.9. The van der Waals surface area contributed by atoms with Gasteiger partial charge in [-0.15, -0.1) is 0 Å². The smallest absolute Gasteiger partial charge is 0.435 e. The number of rotatable bonds is 6.